The fourth-order valence-electron chi connectivity index (χ4n) is 3.40. The molecule has 0 radical (unpaired) electrons. The summed E-state index contributed by atoms with van der Waals surface area (Å²) >= 11 is 1.30. The second kappa shape index (κ2) is 13.1. The van der Waals surface area contributed by atoms with Crippen molar-refractivity contribution in [3.63, 3.8) is 0 Å². The molecule has 2 aromatic carbocycles. The molecule has 1 heterocycles. The number of aromatic nitrogens is 2. The van der Waals surface area contributed by atoms with Crippen LogP contribution >= 0.6 is 12.0 Å². The molecule has 0 spiro atoms. The van der Waals surface area contributed by atoms with Crippen LogP contribution in [0.4, 0.5) is 5.82 Å². The summed E-state index contributed by atoms with van der Waals surface area (Å²) in [7, 11) is 0. The van der Waals surface area contributed by atoms with Crippen LogP contribution in [-0.2, 0) is 13.7 Å². The molecule has 1 aromatic heterocycles. The van der Waals surface area contributed by atoms with Gasteiger partial charge in [-0.1, -0.05) is 60.7 Å². The Morgan fingerprint density at radius 3 is 2.21 bits per heavy atom. The molecule has 0 aliphatic rings. The van der Waals surface area contributed by atoms with E-state index in [1.165, 1.54) is 12.0 Å². The van der Waals surface area contributed by atoms with Crippen LogP contribution in [0.15, 0.2) is 66.9 Å². The Balaban J connectivity index is 1.72. The number of ether oxygens (including phenoxy) is 1. The standard InChI is InChI=1S/C26H31N3O4S/c1-19(2)29(14-15-33-34-20(3)17-32-18-24(30)31)23-16-27-25(21-10-6-4-7-11-21)26(28-23)22-12-8-5-9-13-22/h4-13,16,19-20H,14-15,17-18H2,1-3H3,(H,30,31)/t20-/m0/s1. The summed E-state index contributed by atoms with van der Waals surface area (Å²) in [5.41, 5.74) is 3.73. The van der Waals surface area contributed by atoms with E-state index in [1.807, 2.05) is 73.8 Å². The lowest BCUT2D eigenvalue weighted by molar-refractivity contribution is -0.142. The summed E-state index contributed by atoms with van der Waals surface area (Å²) in [6, 6.07) is 20.4. The molecule has 180 valence electrons. The fraction of sp³-hybridized carbons (Fsp3) is 0.346. The average Bonchev–Trinajstić information content (AvgIpc) is 2.84. The number of carboxylic acids is 1. The molecule has 0 aliphatic carbocycles. The summed E-state index contributed by atoms with van der Waals surface area (Å²) in [4.78, 5) is 22.6. The Kier molecular flexibility index (Phi) is 9.88. The van der Waals surface area contributed by atoms with Gasteiger partial charge in [0, 0.05) is 23.7 Å². The van der Waals surface area contributed by atoms with Crippen LogP contribution in [0.25, 0.3) is 22.5 Å². The van der Waals surface area contributed by atoms with Gasteiger partial charge in [-0.15, -0.1) is 0 Å². The van der Waals surface area contributed by atoms with E-state index >= 15 is 0 Å². The molecule has 1 atom stereocenters. The molecule has 0 amide bonds. The van der Waals surface area contributed by atoms with Crippen LogP contribution in [0.5, 0.6) is 0 Å². The highest BCUT2D eigenvalue weighted by molar-refractivity contribution is 7.95. The summed E-state index contributed by atoms with van der Waals surface area (Å²) < 4.78 is 10.9. The number of hydrogen-bond donors (Lipinski definition) is 1. The molecule has 3 aromatic rings. The van der Waals surface area contributed by atoms with Gasteiger partial charge in [-0.3, -0.25) is 4.98 Å². The van der Waals surface area contributed by atoms with Crippen LogP contribution in [0, 0.1) is 0 Å². The first-order valence-electron chi connectivity index (χ1n) is 11.3. The summed E-state index contributed by atoms with van der Waals surface area (Å²) in [5.74, 6) is -0.181. The van der Waals surface area contributed by atoms with E-state index in [-0.39, 0.29) is 17.9 Å². The topological polar surface area (TPSA) is 84.8 Å². The van der Waals surface area contributed by atoms with E-state index in [9.17, 15) is 4.79 Å². The third kappa shape index (κ3) is 7.55. The van der Waals surface area contributed by atoms with Crippen molar-refractivity contribution >= 4 is 23.8 Å². The number of rotatable bonds is 13. The van der Waals surface area contributed by atoms with Crippen molar-refractivity contribution < 1.29 is 18.8 Å². The van der Waals surface area contributed by atoms with E-state index in [0.717, 1.165) is 28.3 Å². The van der Waals surface area contributed by atoms with Gasteiger partial charge < -0.3 is 18.9 Å². The average molecular weight is 482 g/mol. The zero-order chi connectivity index (χ0) is 24.3. The number of benzene rings is 2. The molecular weight excluding hydrogens is 450 g/mol. The predicted molar refractivity (Wildman–Crippen MR) is 137 cm³/mol. The van der Waals surface area contributed by atoms with Crippen molar-refractivity contribution in [2.45, 2.75) is 32.1 Å². The molecule has 0 unspecified atom stereocenters. The van der Waals surface area contributed by atoms with E-state index in [4.69, 9.17) is 24.0 Å². The van der Waals surface area contributed by atoms with Crippen molar-refractivity contribution in [3.8, 4) is 22.5 Å². The molecule has 3 rings (SSSR count). The highest BCUT2D eigenvalue weighted by atomic mass is 32.2. The second-order valence-electron chi connectivity index (χ2n) is 8.08. The predicted octanol–water partition coefficient (Wildman–Crippen LogP) is 5.18. The smallest absolute Gasteiger partial charge is 0.329 e. The molecule has 8 heteroatoms. The van der Waals surface area contributed by atoms with Crippen molar-refractivity contribution in [1.29, 1.82) is 0 Å². The van der Waals surface area contributed by atoms with Crippen LogP contribution < -0.4 is 4.90 Å². The van der Waals surface area contributed by atoms with E-state index in [0.29, 0.717) is 19.8 Å². The summed E-state index contributed by atoms with van der Waals surface area (Å²) in [6.07, 6.45) is 1.82. The molecule has 0 aliphatic heterocycles. The zero-order valence-corrected chi connectivity index (χ0v) is 20.6. The first kappa shape index (κ1) is 25.7. The number of carboxylic acid groups (broad SMARTS) is 1. The van der Waals surface area contributed by atoms with Gasteiger partial charge in [0.15, 0.2) is 0 Å². The highest BCUT2D eigenvalue weighted by Crippen LogP contribution is 2.30. The quantitative estimate of drug-likeness (QED) is 0.264. The van der Waals surface area contributed by atoms with Gasteiger partial charge in [0.1, 0.15) is 12.4 Å². The molecule has 1 N–H and O–H groups in total. The summed E-state index contributed by atoms with van der Waals surface area (Å²) in [5, 5.41) is 8.69. The number of aliphatic carboxylic acids is 1. The maximum Gasteiger partial charge on any atom is 0.329 e. The number of anilines is 1. The van der Waals surface area contributed by atoms with Gasteiger partial charge in [-0.25, -0.2) is 9.78 Å². The molecule has 0 saturated carbocycles. The third-order valence-electron chi connectivity index (χ3n) is 5.00. The second-order valence-corrected chi connectivity index (χ2v) is 9.32. The molecule has 0 saturated heterocycles. The number of nitrogens with zero attached hydrogens (tertiary/aromatic N) is 3. The Hall–Kier alpha value is -2.94. The van der Waals surface area contributed by atoms with Crippen molar-refractivity contribution in [2.75, 3.05) is 31.3 Å². The fourth-order valence-corrected chi connectivity index (χ4v) is 3.95. The first-order valence-corrected chi connectivity index (χ1v) is 12.1. The van der Waals surface area contributed by atoms with Crippen LogP contribution in [0.2, 0.25) is 0 Å². The Morgan fingerprint density at radius 2 is 1.62 bits per heavy atom. The van der Waals surface area contributed by atoms with E-state index in [2.05, 4.69) is 18.7 Å². The van der Waals surface area contributed by atoms with E-state index < -0.39 is 5.97 Å². The number of hydrogen-bond acceptors (Lipinski definition) is 7. The van der Waals surface area contributed by atoms with Crippen molar-refractivity contribution in [2.24, 2.45) is 0 Å². The normalized spacial score (nSPS) is 12.0. The van der Waals surface area contributed by atoms with Gasteiger partial charge >= 0.3 is 5.97 Å². The van der Waals surface area contributed by atoms with Gasteiger partial charge in [0.25, 0.3) is 0 Å². The van der Waals surface area contributed by atoms with Crippen molar-refractivity contribution in [3.05, 3.63) is 66.9 Å². The monoisotopic (exact) mass is 481 g/mol. The molecule has 0 bridgehead atoms. The minimum atomic E-state index is -0.972. The van der Waals surface area contributed by atoms with Gasteiger partial charge in [-0.2, -0.15) is 0 Å². The molecular formula is C26H31N3O4S. The Bertz CT molecular complexity index is 1030. The lowest BCUT2D eigenvalue weighted by Crippen LogP contribution is -2.34. The molecule has 0 fully saturated rings. The zero-order valence-electron chi connectivity index (χ0n) is 19.8. The van der Waals surface area contributed by atoms with Gasteiger partial charge in [-0.05, 0) is 32.8 Å². The minimum Gasteiger partial charge on any atom is -0.480 e. The lowest BCUT2D eigenvalue weighted by Gasteiger charge is -2.28. The summed E-state index contributed by atoms with van der Waals surface area (Å²) in [6.45, 7) is 7.31. The molecule has 34 heavy (non-hydrogen) atoms. The highest BCUT2D eigenvalue weighted by Gasteiger charge is 2.18. The lowest BCUT2D eigenvalue weighted by atomic mass is 10.0. The van der Waals surface area contributed by atoms with Gasteiger partial charge in [0.2, 0.25) is 0 Å². The van der Waals surface area contributed by atoms with Crippen molar-refractivity contribution in [1.82, 2.24) is 9.97 Å². The Morgan fingerprint density at radius 1 is 1.00 bits per heavy atom. The maximum atomic E-state index is 10.6. The minimum absolute atomic E-state index is 0.0291. The van der Waals surface area contributed by atoms with Gasteiger partial charge in [0.05, 0.1) is 36.0 Å². The largest absolute Gasteiger partial charge is 0.480 e. The van der Waals surface area contributed by atoms with Crippen LogP contribution in [-0.4, -0.2) is 58.7 Å². The van der Waals surface area contributed by atoms with Crippen LogP contribution in [0.1, 0.15) is 20.8 Å². The van der Waals surface area contributed by atoms with E-state index in [1.54, 1.807) is 0 Å². The maximum absolute atomic E-state index is 10.6. The molecule has 7 nitrogen and oxygen atoms in total. The number of carbonyl (C=O) groups is 1. The Labute approximate surface area is 205 Å². The SMILES string of the molecule is CC(C)N(CCOS[C@@H](C)COCC(=O)O)c1cnc(-c2ccccc2)c(-c2ccccc2)n1. The first-order chi connectivity index (χ1) is 16.5. The third-order valence-corrected chi connectivity index (χ3v) is 5.77. The van der Waals surface area contributed by atoms with Crippen LogP contribution in [0.3, 0.4) is 0 Å².